The van der Waals surface area contributed by atoms with Crippen molar-refractivity contribution in [2.75, 3.05) is 7.05 Å². The van der Waals surface area contributed by atoms with E-state index in [9.17, 15) is 0 Å². The van der Waals surface area contributed by atoms with Crippen molar-refractivity contribution in [2.45, 2.75) is 51.5 Å². The van der Waals surface area contributed by atoms with Crippen LogP contribution in [0.5, 0.6) is 0 Å². The number of hydrogen-bond donors (Lipinski definition) is 1. The summed E-state index contributed by atoms with van der Waals surface area (Å²) in [6, 6.07) is 6.55. The normalized spacial score (nSPS) is 12.6. The zero-order valence-corrected chi connectivity index (χ0v) is 10.6. The van der Waals surface area contributed by atoms with Gasteiger partial charge in [0.2, 0.25) is 0 Å². The Kier molecular flexibility index (Phi) is 6.82. The third-order valence-electron chi connectivity index (χ3n) is 2.99. The molecule has 0 aromatic carbocycles. The summed E-state index contributed by atoms with van der Waals surface area (Å²) in [6.07, 6.45) is 9.76. The Balaban J connectivity index is 2.27. The molecule has 0 amide bonds. The summed E-state index contributed by atoms with van der Waals surface area (Å²) >= 11 is 0. The fourth-order valence-corrected chi connectivity index (χ4v) is 1.97. The maximum Gasteiger partial charge on any atom is 0.0573 e. The Hall–Kier alpha value is -0.890. The molecule has 1 aromatic heterocycles. The molecule has 16 heavy (non-hydrogen) atoms. The summed E-state index contributed by atoms with van der Waals surface area (Å²) in [4.78, 5) is 4.40. The SMILES string of the molecule is CCCCCCCC(NC)c1ccccn1. The molecule has 1 heterocycles. The van der Waals surface area contributed by atoms with E-state index in [1.165, 1.54) is 44.2 Å². The van der Waals surface area contributed by atoms with Crippen molar-refractivity contribution in [3.8, 4) is 0 Å². The summed E-state index contributed by atoms with van der Waals surface area (Å²) in [5.41, 5.74) is 1.17. The molecule has 0 fully saturated rings. The Morgan fingerprint density at radius 3 is 2.62 bits per heavy atom. The third kappa shape index (κ3) is 4.75. The van der Waals surface area contributed by atoms with Crippen LogP contribution in [-0.2, 0) is 0 Å². The van der Waals surface area contributed by atoms with Crippen LogP contribution in [0.4, 0.5) is 0 Å². The van der Waals surface area contributed by atoms with E-state index in [1.807, 2.05) is 19.3 Å². The Bertz CT molecular complexity index is 259. The van der Waals surface area contributed by atoms with Crippen molar-refractivity contribution < 1.29 is 0 Å². The minimum Gasteiger partial charge on any atom is -0.312 e. The van der Waals surface area contributed by atoms with Crippen molar-refractivity contribution in [2.24, 2.45) is 0 Å². The lowest BCUT2D eigenvalue weighted by atomic mass is 10.0. The summed E-state index contributed by atoms with van der Waals surface area (Å²) in [6.45, 7) is 2.25. The van der Waals surface area contributed by atoms with E-state index in [1.54, 1.807) is 0 Å². The van der Waals surface area contributed by atoms with Crippen LogP contribution in [0, 0.1) is 0 Å². The molecule has 1 unspecified atom stereocenters. The smallest absolute Gasteiger partial charge is 0.0573 e. The van der Waals surface area contributed by atoms with E-state index in [0.717, 1.165) is 0 Å². The predicted octanol–water partition coefficient (Wildman–Crippen LogP) is 3.70. The van der Waals surface area contributed by atoms with Gasteiger partial charge in [0.25, 0.3) is 0 Å². The summed E-state index contributed by atoms with van der Waals surface area (Å²) in [5.74, 6) is 0. The van der Waals surface area contributed by atoms with Crippen LogP contribution in [0.1, 0.15) is 57.2 Å². The van der Waals surface area contributed by atoms with E-state index in [2.05, 4.69) is 29.4 Å². The number of pyridine rings is 1. The Morgan fingerprint density at radius 1 is 1.19 bits per heavy atom. The maximum atomic E-state index is 4.40. The van der Waals surface area contributed by atoms with Crippen LogP contribution < -0.4 is 5.32 Å². The largest absolute Gasteiger partial charge is 0.312 e. The summed E-state index contributed by atoms with van der Waals surface area (Å²) < 4.78 is 0. The maximum absolute atomic E-state index is 4.40. The first-order valence-electron chi connectivity index (χ1n) is 6.46. The predicted molar refractivity (Wildman–Crippen MR) is 69.4 cm³/mol. The van der Waals surface area contributed by atoms with E-state index >= 15 is 0 Å². The number of rotatable bonds is 8. The summed E-state index contributed by atoms with van der Waals surface area (Å²) in [7, 11) is 2.02. The highest BCUT2D eigenvalue weighted by Gasteiger charge is 2.08. The first kappa shape index (κ1) is 13.2. The number of unbranched alkanes of at least 4 members (excludes halogenated alkanes) is 4. The van der Waals surface area contributed by atoms with Crippen LogP contribution in [-0.4, -0.2) is 12.0 Å². The van der Waals surface area contributed by atoms with Crippen LogP contribution >= 0.6 is 0 Å². The molecule has 1 aromatic rings. The Labute approximate surface area is 99.5 Å². The molecule has 0 saturated carbocycles. The topological polar surface area (TPSA) is 24.9 Å². The van der Waals surface area contributed by atoms with Gasteiger partial charge in [0.1, 0.15) is 0 Å². The molecule has 2 heteroatoms. The second kappa shape index (κ2) is 8.28. The number of hydrogen-bond acceptors (Lipinski definition) is 2. The minimum absolute atomic E-state index is 0.419. The molecule has 1 N–H and O–H groups in total. The fourth-order valence-electron chi connectivity index (χ4n) is 1.97. The first-order chi connectivity index (χ1) is 7.88. The van der Waals surface area contributed by atoms with Gasteiger partial charge >= 0.3 is 0 Å². The van der Waals surface area contributed by atoms with E-state index < -0.39 is 0 Å². The number of nitrogens with one attached hydrogen (secondary N) is 1. The highest BCUT2D eigenvalue weighted by Crippen LogP contribution is 2.17. The second-order valence-electron chi connectivity index (χ2n) is 4.30. The van der Waals surface area contributed by atoms with Gasteiger partial charge in [0.05, 0.1) is 5.69 Å². The van der Waals surface area contributed by atoms with Crippen molar-refractivity contribution in [3.63, 3.8) is 0 Å². The lowest BCUT2D eigenvalue weighted by Gasteiger charge is -2.15. The summed E-state index contributed by atoms with van der Waals surface area (Å²) in [5, 5.41) is 3.35. The van der Waals surface area contributed by atoms with Gasteiger partial charge in [0.15, 0.2) is 0 Å². The molecule has 0 aliphatic rings. The third-order valence-corrected chi connectivity index (χ3v) is 2.99. The monoisotopic (exact) mass is 220 g/mol. The number of aromatic nitrogens is 1. The van der Waals surface area contributed by atoms with Crippen LogP contribution in [0.3, 0.4) is 0 Å². The molecular weight excluding hydrogens is 196 g/mol. The molecule has 0 aliphatic heterocycles. The van der Waals surface area contributed by atoms with Crippen molar-refractivity contribution in [1.29, 1.82) is 0 Å². The molecule has 0 radical (unpaired) electrons. The minimum atomic E-state index is 0.419. The molecule has 1 atom stereocenters. The highest BCUT2D eigenvalue weighted by molar-refractivity contribution is 5.08. The first-order valence-corrected chi connectivity index (χ1v) is 6.46. The highest BCUT2D eigenvalue weighted by atomic mass is 14.9. The van der Waals surface area contributed by atoms with Crippen LogP contribution in [0.25, 0.3) is 0 Å². The molecule has 0 spiro atoms. The lowest BCUT2D eigenvalue weighted by Crippen LogP contribution is -2.17. The average Bonchev–Trinajstić information content (AvgIpc) is 2.35. The van der Waals surface area contributed by atoms with Gasteiger partial charge in [0, 0.05) is 12.2 Å². The fraction of sp³-hybridized carbons (Fsp3) is 0.643. The standard InChI is InChI=1S/C14H24N2/c1-3-4-5-6-7-10-13(15-2)14-11-8-9-12-16-14/h8-9,11-13,15H,3-7,10H2,1-2H3. The molecular formula is C14H24N2. The average molecular weight is 220 g/mol. The van der Waals surface area contributed by atoms with Gasteiger partial charge < -0.3 is 5.32 Å². The van der Waals surface area contributed by atoms with E-state index in [0.29, 0.717) is 6.04 Å². The quantitative estimate of drug-likeness (QED) is 0.676. The van der Waals surface area contributed by atoms with E-state index in [-0.39, 0.29) is 0 Å². The molecule has 2 nitrogen and oxygen atoms in total. The number of nitrogens with zero attached hydrogens (tertiary/aromatic N) is 1. The van der Waals surface area contributed by atoms with Gasteiger partial charge in [-0.3, -0.25) is 4.98 Å². The van der Waals surface area contributed by atoms with E-state index in [4.69, 9.17) is 0 Å². The van der Waals surface area contributed by atoms with Crippen molar-refractivity contribution in [1.82, 2.24) is 10.3 Å². The lowest BCUT2D eigenvalue weighted by molar-refractivity contribution is 0.492. The van der Waals surface area contributed by atoms with Gasteiger partial charge in [-0.05, 0) is 25.6 Å². The molecule has 1 rings (SSSR count). The molecule has 0 saturated heterocycles. The zero-order valence-electron chi connectivity index (χ0n) is 10.6. The van der Waals surface area contributed by atoms with Crippen molar-refractivity contribution >= 4 is 0 Å². The molecule has 0 bridgehead atoms. The van der Waals surface area contributed by atoms with Gasteiger partial charge in [-0.1, -0.05) is 45.1 Å². The Morgan fingerprint density at radius 2 is 2.00 bits per heavy atom. The molecule has 0 aliphatic carbocycles. The molecule has 90 valence electrons. The second-order valence-corrected chi connectivity index (χ2v) is 4.30. The van der Waals surface area contributed by atoms with Crippen LogP contribution in [0.15, 0.2) is 24.4 Å². The van der Waals surface area contributed by atoms with Gasteiger partial charge in [-0.2, -0.15) is 0 Å². The van der Waals surface area contributed by atoms with Crippen LogP contribution in [0.2, 0.25) is 0 Å². The van der Waals surface area contributed by atoms with Crippen molar-refractivity contribution in [3.05, 3.63) is 30.1 Å². The van der Waals surface area contributed by atoms with Gasteiger partial charge in [-0.25, -0.2) is 0 Å². The van der Waals surface area contributed by atoms with Gasteiger partial charge in [-0.15, -0.1) is 0 Å². The zero-order chi connectivity index (χ0) is 11.6.